The van der Waals surface area contributed by atoms with Crippen molar-refractivity contribution in [1.82, 2.24) is 5.32 Å². The molecule has 3 heteroatoms. The monoisotopic (exact) mass is 255 g/mol. The van der Waals surface area contributed by atoms with Gasteiger partial charge in [0.25, 0.3) is 0 Å². The van der Waals surface area contributed by atoms with Crippen molar-refractivity contribution in [3.05, 3.63) is 28.8 Å². The number of benzene rings is 1. The van der Waals surface area contributed by atoms with Gasteiger partial charge in [-0.05, 0) is 31.0 Å². The zero-order valence-electron chi connectivity index (χ0n) is 11.4. The first kappa shape index (κ1) is 14.3. The van der Waals surface area contributed by atoms with E-state index in [4.69, 9.17) is 16.3 Å². The molecular formula is C14H22ClNO. The molecule has 0 saturated heterocycles. The fourth-order valence-electron chi connectivity index (χ4n) is 2.41. The normalized spacial score (nSPS) is 11.6. The minimum atomic E-state index is -0.00197. The highest BCUT2D eigenvalue weighted by molar-refractivity contribution is 6.17. The summed E-state index contributed by atoms with van der Waals surface area (Å²) in [5, 5.41) is 3.19. The van der Waals surface area contributed by atoms with Crippen LogP contribution in [0, 0.1) is 13.8 Å². The lowest BCUT2D eigenvalue weighted by Gasteiger charge is -2.29. The van der Waals surface area contributed by atoms with E-state index >= 15 is 0 Å². The summed E-state index contributed by atoms with van der Waals surface area (Å²) in [5.41, 5.74) is 3.74. The predicted molar refractivity (Wildman–Crippen MR) is 74.2 cm³/mol. The lowest BCUT2D eigenvalue weighted by atomic mass is 9.80. The van der Waals surface area contributed by atoms with E-state index in [1.165, 1.54) is 16.7 Å². The Morgan fingerprint density at radius 2 is 1.94 bits per heavy atom. The second kappa shape index (κ2) is 5.74. The van der Waals surface area contributed by atoms with Gasteiger partial charge < -0.3 is 10.1 Å². The lowest BCUT2D eigenvalue weighted by Crippen LogP contribution is -2.33. The minimum Gasteiger partial charge on any atom is -0.496 e. The first-order chi connectivity index (χ1) is 7.92. The van der Waals surface area contributed by atoms with Gasteiger partial charge in [0.2, 0.25) is 0 Å². The van der Waals surface area contributed by atoms with E-state index in [0.29, 0.717) is 6.00 Å². The van der Waals surface area contributed by atoms with Crippen LogP contribution in [-0.4, -0.2) is 19.7 Å². The first-order valence-corrected chi connectivity index (χ1v) is 6.38. The van der Waals surface area contributed by atoms with Gasteiger partial charge in [0, 0.05) is 17.5 Å². The molecule has 0 saturated carbocycles. The predicted octanol–water partition coefficient (Wildman–Crippen LogP) is 3.38. The van der Waals surface area contributed by atoms with Crippen molar-refractivity contribution in [3.8, 4) is 5.75 Å². The van der Waals surface area contributed by atoms with Gasteiger partial charge in [-0.3, -0.25) is 0 Å². The van der Waals surface area contributed by atoms with Crippen LogP contribution in [0.25, 0.3) is 0 Å². The highest BCUT2D eigenvalue weighted by Gasteiger charge is 2.26. The molecule has 0 radical (unpaired) electrons. The Morgan fingerprint density at radius 3 is 2.47 bits per heavy atom. The maximum atomic E-state index is 5.69. The number of nitrogens with one attached hydrogen (secondary N) is 1. The van der Waals surface area contributed by atoms with Crippen molar-refractivity contribution < 1.29 is 4.74 Å². The van der Waals surface area contributed by atoms with E-state index in [0.717, 1.165) is 12.3 Å². The van der Waals surface area contributed by atoms with E-state index in [2.05, 4.69) is 45.1 Å². The second-order valence-electron chi connectivity index (χ2n) is 5.10. The molecular weight excluding hydrogens is 234 g/mol. The van der Waals surface area contributed by atoms with E-state index in [9.17, 15) is 0 Å². The Labute approximate surface area is 109 Å². The third-order valence-electron chi connectivity index (χ3n) is 3.00. The van der Waals surface area contributed by atoms with Crippen LogP contribution in [0.1, 0.15) is 30.5 Å². The lowest BCUT2D eigenvalue weighted by molar-refractivity contribution is 0.387. The molecule has 0 atom stereocenters. The summed E-state index contributed by atoms with van der Waals surface area (Å²) >= 11 is 5.69. The van der Waals surface area contributed by atoms with Crippen LogP contribution < -0.4 is 10.1 Å². The van der Waals surface area contributed by atoms with E-state index in [1.54, 1.807) is 7.11 Å². The highest BCUT2D eigenvalue weighted by atomic mass is 35.5. The molecule has 1 N–H and O–H groups in total. The van der Waals surface area contributed by atoms with E-state index in [-0.39, 0.29) is 5.41 Å². The topological polar surface area (TPSA) is 21.3 Å². The first-order valence-electron chi connectivity index (χ1n) is 5.84. The molecule has 0 spiro atoms. The van der Waals surface area contributed by atoms with Crippen LogP contribution in [0.5, 0.6) is 5.75 Å². The summed E-state index contributed by atoms with van der Waals surface area (Å²) in [4.78, 5) is 0. The van der Waals surface area contributed by atoms with Gasteiger partial charge in [-0.15, -0.1) is 11.6 Å². The SMILES string of the molecule is COc1cc(C)cc(C)c1C(C)(C)CNCCl. The average molecular weight is 256 g/mol. The molecule has 17 heavy (non-hydrogen) atoms. The molecule has 0 aliphatic heterocycles. The Morgan fingerprint density at radius 1 is 1.29 bits per heavy atom. The van der Waals surface area contributed by atoms with E-state index in [1.807, 2.05) is 0 Å². The maximum absolute atomic E-state index is 5.69. The largest absolute Gasteiger partial charge is 0.496 e. The van der Waals surface area contributed by atoms with Crippen LogP contribution in [-0.2, 0) is 5.41 Å². The van der Waals surface area contributed by atoms with E-state index < -0.39 is 0 Å². The van der Waals surface area contributed by atoms with Crippen LogP contribution in [0.15, 0.2) is 12.1 Å². The van der Waals surface area contributed by atoms with Crippen molar-refractivity contribution in [1.29, 1.82) is 0 Å². The highest BCUT2D eigenvalue weighted by Crippen LogP contribution is 2.35. The van der Waals surface area contributed by atoms with Gasteiger partial charge in [-0.1, -0.05) is 19.9 Å². The minimum absolute atomic E-state index is 0.00197. The smallest absolute Gasteiger partial charge is 0.123 e. The molecule has 0 amide bonds. The third-order valence-corrected chi connectivity index (χ3v) is 3.19. The zero-order chi connectivity index (χ0) is 13.1. The summed E-state index contributed by atoms with van der Waals surface area (Å²) in [5.74, 6) is 0.962. The van der Waals surface area contributed by atoms with Crippen LogP contribution >= 0.6 is 11.6 Å². The molecule has 1 aromatic carbocycles. The Hall–Kier alpha value is -0.730. The number of aryl methyl sites for hydroxylation is 2. The van der Waals surface area contributed by atoms with Crippen LogP contribution in [0.4, 0.5) is 0 Å². The standard InChI is InChI=1S/C14H22ClNO/c1-10-6-11(2)13(12(7-10)17-5)14(3,4)8-16-9-15/h6-7,16H,8-9H2,1-5H3. The van der Waals surface area contributed by atoms with Gasteiger partial charge in [0.05, 0.1) is 13.1 Å². The van der Waals surface area contributed by atoms with Crippen molar-refractivity contribution in [3.63, 3.8) is 0 Å². The average Bonchev–Trinajstić information content (AvgIpc) is 2.24. The molecule has 0 aromatic heterocycles. The third kappa shape index (κ3) is 3.36. The molecule has 0 heterocycles. The summed E-state index contributed by atoms with van der Waals surface area (Å²) < 4.78 is 5.51. The fourth-order valence-corrected chi connectivity index (χ4v) is 2.50. The molecule has 0 bridgehead atoms. The summed E-state index contributed by atoms with van der Waals surface area (Å²) in [7, 11) is 1.72. The van der Waals surface area contributed by atoms with Crippen molar-refractivity contribution in [2.75, 3.05) is 19.7 Å². The fraction of sp³-hybridized carbons (Fsp3) is 0.571. The number of rotatable bonds is 5. The number of methoxy groups -OCH3 is 1. The number of alkyl halides is 1. The van der Waals surface area contributed by atoms with Crippen molar-refractivity contribution >= 4 is 11.6 Å². The van der Waals surface area contributed by atoms with Gasteiger partial charge in [0.15, 0.2) is 0 Å². The molecule has 0 fully saturated rings. The molecule has 0 aliphatic carbocycles. The van der Waals surface area contributed by atoms with Gasteiger partial charge in [-0.25, -0.2) is 0 Å². The maximum Gasteiger partial charge on any atom is 0.123 e. The number of ether oxygens (including phenoxy) is 1. The Kier molecular flexibility index (Phi) is 4.84. The Balaban J connectivity index is 3.19. The molecule has 1 aromatic rings. The molecule has 0 aliphatic rings. The molecule has 1 rings (SSSR count). The number of hydrogen-bond donors (Lipinski definition) is 1. The Bertz CT molecular complexity index is 388. The van der Waals surface area contributed by atoms with Gasteiger partial charge >= 0.3 is 0 Å². The second-order valence-corrected chi connectivity index (χ2v) is 5.37. The van der Waals surface area contributed by atoms with Gasteiger partial charge in [-0.2, -0.15) is 0 Å². The quantitative estimate of drug-likeness (QED) is 0.643. The molecule has 96 valence electrons. The summed E-state index contributed by atoms with van der Waals surface area (Å²) in [6, 6.07) is 4.75. The molecule has 0 unspecified atom stereocenters. The van der Waals surface area contributed by atoms with Crippen molar-refractivity contribution in [2.45, 2.75) is 33.1 Å². The number of halogens is 1. The summed E-state index contributed by atoms with van der Waals surface area (Å²) in [6.45, 7) is 9.45. The molecule has 2 nitrogen and oxygen atoms in total. The summed E-state index contributed by atoms with van der Waals surface area (Å²) in [6.07, 6.45) is 0. The van der Waals surface area contributed by atoms with Crippen LogP contribution in [0.2, 0.25) is 0 Å². The van der Waals surface area contributed by atoms with Crippen LogP contribution in [0.3, 0.4) is 0 Å². The van der Waals surface area contributed by atoms with Crippen molar-refractivity contribution in [2.24, 2.45) is 0 Å². The zero-order valence-corrected chi connectivity index (χ0v) is 12.1. The van der Waals surface area contributed by atoms with Gasteiger partial charge in [0.1, 0.15) is 5.75 Å². The number of hydrogen-bond acceptors (Lipinski definition) is 2.